The SMILES string of the molecule is [O]c1cccc2c1SCO2. The summed E-state index contributed by atoms with van der Waals surface area (Å²) in [7, 11) is 0. The quantitative estimate of drug-likeness (QED) is 0.572. The molecule has 0 amide bonds. The minimum atomic E-state index is 0.0694. The fourth-order valence-electron chi connectivity index (χ4n) is 0.903. The molecule has 0 aliphatic carbocycles. The Morgan fingerprint density at radius 3 is 3.20 bits per heavy atom. The third-order valence-electron chi connectivity index (χ3n) is 1.36. The second-order valence-corrected chi connectivity index (χ2v) is 2.92. The third-order valence-corrected chi connectivity index (χ3v) is 2.29. The molecule has 0 fully saturated rings. The highest BCUT2D eigenvalue weighted by Crippen LogP contribution is 2.42. The number of ether oxygens (including phenoxy) is 1. The van der Waals surface area contributed by atoms with Gasteiger partial charge in [0.15, 0.2) is 5.75 Å². The summed E-state index contributed by atoms with van der Waals surface area (Å²) in [5.74, 6) is 1.38. The van der Waals surface area contributed by atoms with Crippen molar-refractivity contribution in [3.8, 4) is 11.5 Å². The first-order valence-corrected chi connectivity index (χ1v) is 3.92. The van der Waals surface area contributed by atoms with Crippen LogP contribution in [0, 0.1) is 0 Å². The van der Waals surface area contributed by atoms with Crippen LogP contribution >= 0.6 is 11.8 Å². The molecule has 1 aromatic rings. The molecule has 0 spiro atoms. The first-order chi connectivity index (χ1) is 4.88. The number of thioether (sulfide) groups is 1. The minimum Gasteiger partial charge on any atom is -0.481 e. The van der Waals surface area contributed by atoms with Crippen LogP contribution in [0.15, 0.2) is 23.1 Å². The molecule has 1 aliphatic heterocycles. The van der Waals surface area contributed by atoms with E-state index in [1.165, 1.54) is 11.8 Å². The van der Waals surface area contributed by atoms with Crippen LogP contribution in [0.1, 0.15) is 0 Å². The lowest BCUT2D eigenvalue weighted by Gasteiger charge is -1.94. The maximum Gasteiger partial charge on any atom is 0.196 e. The number of rotatable bonds is 0. The molecule has 2 nitrogen and oxygen atoms in total. The van der Waals surface area contributed by atoms with Gasteiger partial charge in [-0.25, -0.2) is 0 Å². The van der Waals surface area contributed by atoms with Gasteiger partial charge in [0.25, 0.3) is 0 Å². The van der Waals surface area contributed by atoms with Gasteiger partial charge in [-0.1, -0.05) is 17.8 Å². The Labute approximate surface area is 62.8 Å². The van der Waals surface area contributed by atoms with Crippen LogP contribution in [0.4, 0.5) is 0 Å². The van der Waals surface area contributed by atoms with Gasteiger partial charge in [0.1, 0.15) is 16.6 Å². The van der Waals surface area contributed by atoms with Gasteiger partial charge < -0.3 is 4.74 Å². The van der Waals surface area contributed by atoms with E-state index in [0.29, 0.717) is 5.94 Å². The standard InChI is InChI=1S/C7H5O2S/c8-5-2-1-3-6-7(5)10-4-9-6/h1-3H,4H2. The number of hydrogen-bond acceptors (Lipinski definition) is 2. The largest absolute Gasteiger partial charge is 0.481 e. The van der Waals surface area contributed by atoms with E-state index in [0.717, 1.165) is 10.6 Å². The van der Waals surface area contributed by atoms with Gasteiger partial charge in [0.2, 0.25) is 0 Å². The summed E-state index contributed by atoms with van der Waals surface area (Å²) in [6.07, 6.45) is 0. The van der Waals surface area contributed by atoms with Crippen LogP contribution < -0.4 is 4.74 Å². The molecular weight excluding hydrogens is 148 g/mol. The molecule has 1 aromatic carbocycles. The lowest BCUT2D eigenvalue weighted by molar-refractivity contribution is 0.337. The van der Waals surface area contributed by atoms with Crippen LogP contribution in [0.25, 0.3) is 0 Å². The lowest BCUT2D eigenvalue weighted by atomic mass is 10.3. The van der Waals surface area contributed by atoms with Crippen molar-refractivity contribution in [1.29, 1.82) is 0 Å². The summed E-state index contributed by atoms with van der Waals surface area (Å²) in [5.41, 5.74) is 0. The highest BCUT2D eigenvalue weighted by Gasteiger charge is 2.16. The van der Waals surface area contributed by atoms with Crippen molar-refractivity contribution in [2.75, 3.05) is 5.94 Å². The van der Waals surface area contributed by atoms with E-state index in [1.807, 2.05) is 6.07 Å². The van der Waals surface area contributed by atoms with Gasteiger partial charge in [0.05, 0.1) is 0 Å². The fourth-order valence-corrected chi connectivity index (χ4v) is 1.69. The summed E-state index contributed by atoms with van der Waals surface area (Å²) < 4.78 is 5.14. The number of benzene rings is 1. The summed E-state index contributed by atoms with van der Waals surface area (Å²) >= 11 is 1.46. The normalized spacial score (nSPS) is 14.4. The monoisotopic (exact) mass is 153 g/mol. The molecule has 3 heteroatoms. The Morgan fingerprint density at radius 2 is 2.40 bits per heavy atom. The lowest BCUT2D eigenvalue weighted by Crippen LogP contribution is -1.80. The van der Waals surface area contributed by atoms with Crippen molar-refractivity contribution in [3.63, 3.8) is 0 Å². The Kier molecular flexibility index (Phi) is 1.24. The molecule has 1 aliphatic rings. The van der Waals surface area contributed by atoms with Gasteiger partial charge in [-0.3, -0.25) is 5.11 Å². The Morgan fingerprint density at radius 1 is 1.50 bits per heavy atom. The zero-order valence-electron chi connectivity index (χ0n) is 5.16. The summed E-state index contributed by atoms with van der Waals surface area (Å²) in [4.78, 5) is 0.752. The van der Waals surface area contributed by atoms with Crippen molar-refractivity contribution in [1.82, 2.24) is 0 Å². The molecule has 0 bridgehead atoms. The molecule has 0 saturated heterocycles. The average molecular weight is 153 g/mol. The van der Waals surface area contributed by atoms with Gasteiger partial charge in [0, 0.05) is 0 Å². The summed E-state index contributed by atoms with van der Waals surface area (Å²) in [6, 6.07) is 5.09. The molecule has 0 saturated carbocycles. The number of fused-ring (bicyclic) bond motifs is 1. The molecule has 0 unspecified atom stereocenters. The van der Waals surface area contributed by atoms with Gasteiger partial charge in [-0.05, 0) is 12.1 Å². The smallest absolute Gasteiger partial charge is 0.196 e. The Bertz CT molecular complexity index is 260. The Balaban J connectivity index is 2.59. The third kappa shape index (κ3) is 0.743. The van der Waals surface area contributed by atoms with E-state index in [1.54, 1.807) is 12.1 Å². The topological polar surface area (TPSA) is 29.1 Å². The maximum absolute atomic E-state index is 11.0. The van der Waals surface area contributed by atoms with Gasteiger partial charge in [-0.2, -0.15) is 0 Å². The number of hydrogen-bond donors (Lipinski definition) is 0. The zero-order chi connectivity index (χ0) is 6.97. The molecule has 0 atom stereocenters. The van der Waals surface area contributed by atoms with E-state index in [9.17, 15) is 5.11 Å². The van der Waals surface area contributed by atoms with Crippen molar-refractivity contribution < 1.29 is 9.84 Å². The summed E-state index contributed by atoms with van der Waals surface area (Å²) in [6.45, 7) is 0. The first kappa shape index (κ1) is 5.92. The van der Waals surface area contributed by atoms with Crippen LogP contribution in [-0.2, 0) is 5.11 Å². The molecule has 51 valence electrons. The molecular formula is C7H5O2S. The van der Waals surface area contributed by atoms with Gasteiger partial charge in [-0.15, -0.1) is 0 Å². The predicted octanol–water partition coefficient (Wildman–Crippen LogP) is 2.27. The molecule has 0 N–H and O–H groups in total. The van der Waals surface area contributed by atoms with E-state index < -0.39 is 0 Å². The van der Waals surface area contributed by atoms with E-state index in [2.05, 4.69) is 0 Å². The fraction of sp³-hybridized carbons (Fsp3) is 0.143. The molecule has 0 aromatic heterocycles. The maximum atomic E-state index is 11.0. The van der Waals surface area contributed by atoms with Gasteiger partial charge >= 0.3 is 0 Å². The summed E-state index contributed by atoms with van der Waals surface area (Å²) in [5, 5.41) is 11.0. The highest BCUT2D eigenvalue weighted by molar-refractivity contribution is 7.99. The van der Waals surface area contributed by atoms with Crippen molar-refractivity contribution in [2.45, 2.75) is 4.90 Å². The van der Waals surface area contributed by atoms with E-state index in [-0.39, 0.29) is 5.75 Å². The van der Waals surface area contributed by atoms with Crippen LogP contribution in [0.3, 0.4) is 0 Å². The Hall–Kier alpha value is -0.830. The molecule has 2 rings (SSSR count). The van der Waals surface area contributed by atoms with E-state index in [4.69, 9.17) is 4.74 Å². The molecule has 1 heterocycles. The first-order valence-electron chi connectivity index (χ1n) is 2.93. The van der Waals surface area contributed by atoms with Crippen molar-refractivity contribution >= 4 is 11.8 Å². The van der Waals surface area contributed by atoms with E-state index >= 15 is 0 Å². The van der Waals surface area contributed by atoms with Crippen LogP contribution in [-0.4, -0.2) is 5.94 Å². The van der Waals surface area contributed by atoms with Crippen LogP contribution in [0.2, 0.25) is 0 Å². The molecule has 1 radical (unpaired) electrons. The minimum absolute atomic E-state index is 0.0694. The second kappa shape index (κ2) is 2.09. The van der Waals surface area contributed by atoms with Crippen molar-refractivity contribution in [2.24, 2.45) is 0 Å². The van der Waals surface area contributed by atoms with Crippen molar-refractivity contribution in [3.05, 3.63) is 18.2 Å². The van der Waals surface area contributed by atoms with Crippen LogP contribution in [0.5, 0.6) is 11.5 Å². The average Bonchev–Trinajstić information content (AvgIpc) is 2.36. The zero-order valence-corrected chi connectivity index (χ0v) is 5.98. The molecule has 10 heavy (non-hydrogen) atoms. The second-order valence-electron chi connectivity index (χ2n) is 1.99. The highest BCUT2D eigenvalue weighted by atomic mass is 32.2. The predicted molar refractivity (Wildman–Crippen MR) is 37.9 cm³/mol.